The topological polar surface area (TPSA) is 76.1 Å². The molecule has 2 aromatic rings. The van der Waals surface area contributed by atoms with Gasteiger partial charge in [0.15, 0.2) is 17.3 Å². The van der Waals surface area contributed by atoms with Crippen molar-refractivity contribution in [1.82, 2.24) is 0 Å². The normalized spacial score (nSPS) is 14.2. The van der Waals surface area contributed by atoms with Crippen LogP contribution in [0.1, 0.15) is 5.56 Å². The molecule has 1 aliphatic heterocycles. The first kappa shape index (κ1) is 17.4. The van der Waals surface area contributed by atoms with Gasteiger partial charge in [0, 0.05) is 6.07 Å². The summed E-state index contributed by atoms with van der Waals surface area (Å²) in [5, 5.41) is 10.1. The molecule has 0 aromatic heterocycles. The van der Waals surface area contributed by atoms with Crippen molar-refractivity contribution in [2.75, 3.05) is 19.1 Å². The molecule has 0 bridgehead atoms. The van der Waals surface area contributed by atoms with Gasteiger partial charge in [0.2, 0.25) is 0 Å². The fourth-order valence-electron chi connectivity index (χ4n) is 2.65. The largest absolute Gasteiger partial charge is 0.502 e. The van der Waals surface area contributed by atoms with Crippen LogP contribution in [0.2, 0.25) is 0 Å². The van der Waals surface area contributed by atoms with Crippen LogP contribution in [0.5, 0.6) is 11.5 Å². The number of hydrogen-bond donors (Lipinski definition) is 1. The van der Waals surface area contributed by atoms with E-state index in [1.54, 1.807) is 0 Å². The van der Waals surface area contributed by atoms with Crippen LogP contribution in [0.15, 0.2) is 42.2 Å². The zero-order valence-electron chi connectivity index (χ0n) is 13.7. The molecule has 2 aromatic carbocycles. The molecular weight excluding hydrogens is 348 g/mol. The molecule has 0 saturated heterocycles. The number of nitrogens with zero attached hydrogens (tertiary/aromatic N) is 1. The van der Waals surface area contributed by atoms with E-state index >= 15 is 0 Å². The molecule has 2 amide bonds. The molecule has 0 aliphatic carbocycles. The summed E-state index contributed by atoms with van der Waals surface area (Å²) in [5.41, 5.74) is -0.591. The Balaban J connectivity index is 2.07. The molecule has 6 nitrogen and oxygen atoms in total. The molecule has 3 rings (SSSR count). The van der Waals surface area contributed by atoms with Gasteiger partial charge in [0.1, 0.15) is 11.6 Å². The Hall–Kier alpha value is -3.42. The molecule has 1 heterocycles. The zero-order valence-corrected chi connectivity index (χ0v) is 13.7. The van der Waals surface area contributed by atoms with E-state index in [0.29, 0.717) is 16.7 Å². The molecule has 26 heavy (non-hydrogen) atoms. The molecular formula is C18H13F2NO5. The van der Waals surface area contributed by atoms with Gasteiger partial charge in [-0.3, -0.25) is 9.59 Å². The number of anilines is 1. The van der Waals surface area contributed by atoms with Crippen molar-refractivity contribution < 1.29 is 33.0 Å². The first-order valence-electron chi connectivity index (χ1n) is 7.38. The lowest BCUT2D eigenvalue weighted by atomic mass is 10.0. The summed E-state index contributed by atoms with van der Waals surface area (Å²) >= 11 is 0. The van der Waals surface area contributed by atoms with E-state index in [2.05, 4.69) is 0 Å². The summed E-state index contributed by atoms with van der Waals surface area (Å²) < 4.78 is 37.3. The summed E-state index contributed by atoms with van der Waals surface area (Å²) in [7, 11) is 2.81. The monoisotopic (exact) mass is 361 g/mol. The van der Waals surface area contributed by atoms with Gasteiger partial charge >= 0.3 is 5.91 Å². The Morgan fingerprint density at radius 3 is 2.23 bits per heavy atom. The molecule has 0 unspecified atom stereocenters. The quantitative estimate of drug-likeness (QED) is 0.848. The van der Waals surface area contributed by atoms with E-state index in [9.17, 15) is 23.5 Å². The number of carbonyl (C=O) groups excluding carboxylic acids is 2. The second-order valence-electron chi connectivity index (χ2n) is 5.33. The highest BCUT2D eigenvalue weighted by Gasteiger charge is 2.41. The van der Waals surface area contributed by atoms with Crippen molar-refractivity contribution in [1.29, 1.82) is 0 Å². The fourth-order valence-corrected chi connectivity index (χ4v) is 2.65. The van der Waals surface area contributed by atoms with E-state index in [4.69, 9.17) is 9.47 Å². The van der Waals surface area contributed by atoms with E-state index in [1.165, 1.54) is 32.4 Å². The molecule has 0 radical (unpaired) electrons. The minimum atomic E-state index is -1.11. The average Bonchev–Trinajstić information content (AvgIpc) is 2.84. The average molecular weight is 361 g/mol. The van der Waals surface area contributed by atoms with Crippen molar-refractivity contribution in [3.8, 4) is 11.5 Å². The number of rotatable bonds is 4. The fraction of sp³-hybridized carbons (Fsp3) is 0.111. The van der Waals surface area contributed by atoms with Gasteiger partial charge in [0.25, 0.3) is 5.91 Å². The maximum Gasteiger partial charge on any atom is 0.301 e. The van der Waals surface area contributed by atoms with Crippen LogP contribution in [0, 0.1) is 11.6 Å². The van der Waals surface area contributed by atoms with Gasteiger partial charge in [0.05, 0.1) is 25.5 Å². The first-order valence-corrected chi connectivity index (χ1v) is 7.38. The number of imide groups is 1. The van der Waals surface area contributed by atoms with E-state index < -0.39 is 34.9 Å². The maximum absolute atomic E-state index is 14.0. The highest BCUT2D eigenvalue weighted by molar-refractivity contribution is 6.44. The van der Waals surface area contributed by atoms with Gasteiger partial charge in [-0.25, -0.2) is 13.7 Å². The Morgan fingerprint density at radius 2 is 1.62 bits per heavy atom. The van der Waals surface area contributed by atoms with Crippen LogP contribution in [0.3, 0.4) is 0 Å². The third kappa shape index (κ3) is 2.65. The van der Waals surface area contributed by atoms with Crippen molar-refractivity contribution in [3.63, 3.8) is 0 Å². The smallest absolute Gasteiger partial charge is 0.301 e. The Bertz CT molecular complexity index is 955. The molecule has 0 spiro atoms. The summed E-state index contributed by atoms with van der Waals surface area (Å²) in [5.74, 6) is -4.19. The molecule has 0 saturated carbocycles. The lowest BCUT2D eigenvalue weighted by molar-refractivity contribution is -0.121. The third-order valence-corrected chi connectivity index (χ3v) is 3.88. The number of amides is 2. The zero-order chi connectivity index (χ0) is 19.0. The third-order valence-electron chi connectivity index (χ3n) is 3.88. The second-order valence-corrected chi connectivity index (χ2v) is 5.33. The number of aliphatic hydroxyl groups is 1. The molecule has 1 N–H and O–H groups in total. The standard InChI is InChI=1S/C18H13F2NO5/c1-25-13-6-3-9(7-14(13)26-2)15-16(22)18(24)21(17(15)23)12-5-4-10(19)8-11(12)20/h3-8,22H,1-2H3. The SMILES string of the molecule is COc1ccc(C2=C(O)C(=O)N(c3ccc(F)cc3F)C2=O)cc1OC. The molecule has 0 fully saturated rings. The number of methoxy groups -OCH3 is 2. The minimum absolute atomic E-state index is 0.184. The Morgan fingerprint density at radius 1 is 0.923 bits per heavy atom. The van der Waals surface area contributed by atoms with Crippen LogP contribution in [-0.2, 0) is 9.59 Å². The summed E-state index contributed by atoms with van der Waals surface area (Å²) in [6.45, 7) is 0. The number of hydrogen-bond acceptors (Lipinski definition) is 5. The maximum atomic E-state index is 14.0. The lowest BCUT2D eigenvalue weighted by Gasteiger charge is -2.15. The van der Waals surface area contributed by atoms with Crippen LogP contribution in [-0.4, -0.2) is 31.1 Å². The van der Waals surface area contributed by atoms with Crippen molar-refractivity contribution in [2.45, 2.75) is 0 Å². The van der Waals surface area contributed by atoms with Crippen LogP contribution >= 0.6 is 0 Å². The van der Waals surface area contributed by atoms with Gasteiger partial charge < -0.3 is 14.6 Å². The van der Waals surface area contributed by atoms with Crippen LogP contribution in [0.4, 0.5) is 14.5 Å². The minimum Gasteiger partial charge on any atom is -0.502 e. The predicted octanol–water partition coefficient (Wildman–Crippen LogP) is 2.82. The van der Waals surface area contributed by atoms with Crippen LogP contribution in [0.25, 0.3) is 5.57 Å². The lowest BCUT2D eigenvalue weighted by Crippen LogP contribution is -2.32. The number of ether oxygens (including phenoxy) is 2. The van der Waals surface area contributed by atoms with Gasteiger partial charge in [-0.05, 0) is 29.8 Å². The molecule has 8 heteroatoms. The molecule has 0 atom stereocenters. The van der Waals surface area contributed by atoms with Crippen molar-refractivity contribution >= 4 is 23.1 Å². The number of halogens is 2. The molecule has 1 aliphatic rings. The first-order chi connectivity index (χ1) is 12.4. The highest BCUT2D eigenvalue weighted by Crippen LogP contribution is 2.36. The van der Waals surface area contributed by atoms with E-state index in [0.717, 1.165) is 12.1 Å². The number of carbonyl (C=O) groups is 2. The second kappa shape index (κ2) is 6.47. The van der Waals surface area contributed by atoms with E-state index in [-0.39, 0.29) is 16.9 Å². The van der Waals surface area contributed by atoms with Crippen molar-refractivity contribution in [3.05, 3.63) is 59.4 Å². The summed E-state index contributed by atoms with van der Waals surface area (Å²) in [6, 6.07) is 6.74. The van der Waals surface area contributed by atoms with Crippen LogP contribution < -0.4 is 14.4 Å². The number of aliphatic hydroxyl groups excluding tert-OH is 1. The van der Waals surface area contributed by atoms with Gasteiger partial charge in [-0.15, -0.1) is 0 Å². The van der Waals surface area contributed by atoms with Gasteiger partial charge in [-0.2, -0.15) is 0 Å². The summed E-state index contributed by atoms with van der Waals surface area (Å²) in [4.78, 5) is 25.4. The summed E-state index contributed by atoms with van der Waals surface area (Å²) in [6.07, 6.45) is 0. The van der Waals surface area contributed by atoms with Crippen molar-refractivity contribution in [2.24, 2.45) is 0 Å². The highest BCUT2D eigenvalue weighted by atomic mass is 19.1. The van der Waals surface area contributed by atoms with Gasteiger partial charge in [-0.1, -0.05) is 6.07 Å². The molecule has 134 valence electrons. The number of benzene rings is 2. The Labute approximate surface area is 146 Å². The Kier molecular flexibility index (Phi) is 4.33. The van der Waals surface area contributed by atoms with E-state index in [1.807, 2.05) is 0 Å². The predicted molar refractivity (Wildman–Crippen MR) is 87.9 cm³/mol.